The van der Waals surface area contributed by atoms with Crippen molar-refractivity contribution in [1.29, 1.82) is 0 Å². The predicted molar refractivity (Wildman–Crippen MR) is 103 cm³/mol. The van der Waals surface area contributed by atoms with Gasteiger partial charge in [-0.2, -0.15) is 0 Å². The minimum absolute atomic E-state index is 0.146. The summed E-state index contributed by atoms with van der Waals surface area (Å²) in [6.45, 7) is 14.9. The van der Waals surface area contributed by atoms with E-state index in [1.54, 1.807) is 0 Å². The van der Waals surface area contributed by atoms with E-state index in [-0.39, 0.29) is 41.2 Å². The zero-order valence-electron chi connectivity index (χ0n) is 17.1. The summed E-state index contributed by atoms with van der Waals surface area (Å²) in [5.41, 5.74) is 1.41. The van der Waals surface area contributed by atoms with Crippen molar-refractivity contribution >= 4 is 11.9 Å². The second-order valence-electron chi connectivity index (χ2n) is 9.64. The van der Waals surface area contributed by atoms with Gasteiger partial charge in [-0.3, -0.25) is 9.59 Å². The molecule has 0 unspecified atom stereocenters. The largest absolute Gasteiger partial charge is 0.481 e. The Labute approximate surface area is 158 Å². The molecule has 0 aromatic carbocycles. The van der Waals surface area contributed by atoms with Gasteiger partial charge in [0.25, 0.3) is 0 Å². The lowest BCUT2D eigenvalue weighted by Gasteiger charge is -2.59. The highest BCUT2D eigenvalue weighted by molar-refractivity contribution is 5.67. The van der Waals surface area contributed by atoms with E-state index in [0.717, 1.165) is 24.8 Å². The van der Waals surface area contributed by atoms with Gasteiger partial charge in [-0.15, -0.1) is 0 Å². The number of carboxylic acids is 1. The zero-order valence-corrected chi connectivity index (χ0v) is 17.1. The molecule has 4 heteroatoms. The van der Waals surface area contributed by atoms with Gasteiger partial charge in [0.2, 0.25) is 0 Å². The van der Waals surface area contributed by atoms with E-state index in [2.05, 4.69) is 27.4 Å². The number of carbonyl (C=O) groups excluding carboxylic acids is 1. The van der Waals surface area contributed by atoms with Gasteiger partial charge < -0.3 is 9.84 Å². The van der Waals surface area contributed by atoms with Crippen LogP contribution in [0.25, 0.3) is 0 Å². The molecule has 0 aliphatic heterocycles. The fourth-order valence-corrected chi connectivity index (χ4v) is 5.88. The van der Waals surface area contributed by atoms with Crippen molar-refractivity contribution in [2.75, 3.05) is 0 Å². The van der Waals surface area contributed by atoms with Crippen LogP contribution in [0.5, 0.6) is 0 Å². The molecule has 4 nitrogen and oxygen atoms in total. The molecule has 0 aromatic heterocycles. The summed E-state index contributed by atoms with van der Waals surface area (Å²) in [7, 11) is 0. The van der Waals surface area contributed by atoms with Crippen molar-refractivity contribution in [3.63, 3.8) is 0 Å². The first-order valence-electron chi connectivity index (χ1n) is 10.0. The summed E-state index contributed by atoms with van der Waals surface area (Å²) in [4.78, 5) is 22.6. The predicted octanol–water partition coefficient (Wildman–Crippen LogP) is 5.22. The van der Waals surface area contributed by atoms with Crippen LogP contribution in [0.3, 0.4) is 0 Å². The van der Waals surface area contributed by atoms with Gasteiger partial charge in [0.1, 0.15) is 6.10 Å². The monoisotopic (exact) mass is 364 g/mol. The molecule has 2 aliphatic rings. The third-order valence-electron chi connectivity index (χ3n) is 7.16. The first-order chi connectivity index (χ1) is 12.0. The van der Waals surface area contributed by atoms with Crippen molar-refractivity contribution in [3.8, 4) is 0 Å². The Kier molecular flexibility index (Phi) is 6.24. The van der Waals surface area contributed by atoms with E-state index in [4.69, 9.17) is 9.84 Å². The van der Waals surface area contributed by atoms with Gasteiger partial charge >= 0.3 is 11.9 Å². The molecule has 0 heterocycles. The average molecular weight is 365 g/mol. The first kappa shape index (κ1) is 21.0. The number of carbonyl (C=O) groups is 2. The maximum atomic E-state index is 11.6. The summed E-state index contributed by atoms with van der Waals surface area (Å²) in [5.74, 6) is -0.0696. The van der Waals surface area contributed by atoms with Crippen LogP contribution in [0.4, 0.5) is 0 Å². The van der Waals surface area contributed by atoms with Gasteiger partial charge in [0.05, 0.1) is 0 Å². The normalized spacial score (nSPS) is 34.7. The van der Waals surface area contributed by atoms with Gasteiger partial charge in [0.15, 0.2) is 0 Å². The van der Waals surface area contributed by atoms with Crippen LogP contribution in [-0.4, -0.2) is 23.1 Å². The molecule has 0 saturated heterocycles. The number of ether oxygens (including phenoxy) is 1. The molecular formula is C22H36O4. The van der Waals surface area contributed by atoms with Crippen molar-refractivity contribution in [2.45, 2.75) is 85.7 Å². The van der Waals surface area contributed by atoms with Crippen molar-refractivity contribution < 1.29 is 19.4 Å². The number of aliphatic carboxylic acids is 1. The molecule has 2 rings (SSSR count). The van der Waals surface area contributed by atoms with Crippen molar-refractivity contribution in [2.24, 2.45) is 28.6 Å². The lowest BCUT2D eigenvalue weighted by molar-refractivity contribution is -0.153. The lowest BCUT2D eigenvalue weighted by atomic mass is 9.46. The quantitative estimate of drug-likeness (QED) is 0.518. The van der Waals surface area contributed by atoms with Crippen LogP contribution in [0, 0.1) is 28.6 Å². The second kappa shape index (κ2) is 7.74. The molecule has 26 heavy (non-hydrogen) atoms. The highest BCUT2D eigenvalue weighted by atomic mass is 16.5. The number of carboxylic acid groups (broad SMARTS) is 1. The van der Waals surface area contributed by atoms with E-state index in [1.165, 1.54) is 26.2 Å². The molecule has 0 spiro atoms. The number of esters is 1. The average Bonchev–Trinajstić information content (AvgIpc) is 2.47. The summed E-state index contributed by atoms with van der Waals surface area (Å²) >= 11 is 0. The molecule has 0 aromatic rings. The Balaban J connectivity index is 2.26. The molecule has 2 aliphatic carbocycles. The van der Waals surface area contributed by atoms with E-state index in [1.807, 2.05) is 6.92 Å². The van der Waals surface area contributed by atoms with Gasteiger partial charge in [-0.25, -0.2) is 0 Å². The maximum Gasteiger partial charge on any atom is 0.303 e. The molecule has 2 saturated carbocycles. The fraction of sp³-hybridized carbons (Fsp3) is 0.818. The highest BCUT2D eigenvalue weighted by Gasteiger charge is 2.55. The number of hydrogen-bond acceptors (Lipinski definition) is 3. The molecule has 148 valence electrons. The second-order valence-corrected chi connectivity index (χ2v) is 9.64. The third kappa shape index (κ3) is 4.32. The number of rotatable bonds is 6. The van der Waals surface area contributed by atoms with E-state index in [0.29, 0.717) is 5.92 Å². The Bertz CT molecular complexity index is 564. The molecular weight excluding hydrogens is 328 g/mol. The lowest BCUT2D eigenvalue weighted by Crippen LogP contribution is -2.53. The SMILES string of the molecule is C=C1[C@H](OC(C)=O)C[C@H]2C(C)(C)CCC[C@]2(C)[C@H]1CC[C@H](C)CC(=O)O. The zero-order chi connectivity index (χ0) is 19.7. The van der Waals surface area contributed by atoms with E-state index >= 15 is 0 Å². The first-order valence-corrected chi connectivity index (χ1v) is 10.0. The van der Waals surface area contributed by atoms with E-state index < -0.39 is 5.97 Å². The van der Waals surface area contributed by atoms with Crippen molar-refractivity contribution in [1.82, 2.24) is 0 Å². The third-order valence-corrected chi connectivity index (χ3v) is 7.16. The van der Waals surface area contributed by atoms with Gasteiger partial charge in [-0.05, 0) is 66.3 Å². The summed E-state index contributed by atoms with van der Waals surface area (Å²) < 4.78 is 5.66. The van der Waals surface area contributed by atoms with Crippen LogP contribution >= 0.6 is 0 Å². The maximum absolute atomic E-state index is 11.6. The highest BCUT2D eigenvalue weighted by Crippen LogP contribution is 2.62. The minimum Gasteiger partial charge on any atom is -0.481 e. The van der Waals surface area contributed by atoms with Crippen LogP contribution in [0.1, 0.15) is 79.6 Å². The number of fused-ring (bicyclic) bond motifs is 1. The Morgan fingerprint density at radius 3 is 2.54 bits per heavy atom. The molecule has 0 bridgehead atoms. The van der Waals surface area contributed by atoms with Crippen LogP contribution in [0.15, 0.2) is 12.2 Å². The van der Waals surface area contributed by atoms with Crippen molar-refractivity contribution in [3.05, 3.63) is 12.2 Å². The Morgan fingerprint density at radius 2 is 1.96 bits per heavy atom. The van der Waals surface area contributed by atoms with Gasteiger partial charge in [0, 0.05) is 13.3 Å². The molecule has 1 N–H and O–H groups in total. The topological polar surface area (TPSA) is 63.6 Å². The summed E-state index contributed by atoms with van der Waals surface area (Å²) in [6, 6.07) is 0. The smallest absolute Gasteiger partial charge is 0.303 e. The van der Waals surface area contributed by atoms with Crippen LogP contribution < -0.4 is 0 Å². The van der Waals surface area contributed by atoms with Crippen LogP contribution in [-0.2, 0) is 14.3 Å². The Morgan fingerprint density at radius 1 is 1.31 bits per heavy atom. The standard InChI is InChI=1S/C22H36O4/c1-14(12-20(24)25)8-9-17-15(2)18(26-16(3)23)13-19-21(4,5)10-7-11-22(17,19)6/h14,17-19H,2,7-13H2,1,3-6H3,(H,24,25)/t14-,17-,18+,19-,22+/m0/s1. The van der Waals surface area contributed by atoms with Gasteiger partial charge in [-0.1, -0.05) is 40.7 Å². The van der Waals surface area contributed by atoms with E-state index in [9.17, 15) is 9.59 Å². The number of hydrogen-bond donors (Lipinski definition) is 1. The summed E-state index contributed by atoms with van der Waals surface area (Å²) in [6.07, 6.45) is 6.25. The molecule has 0 amide bonds. The fourth-order valence-electron chi connectivity index (χ4n) is 5.88. The summed E-state index contributed by atoms with van der Waals surface area (Å²) in [5, 5.41) is 9.05. The van der Waals surface area contributed by atoms with Crippen LogP contribution in [0.2, 0.25) is 0 Å². The molecule has 0 radical (unpaired) electrons. The molecule has 5 atom stereocenters. The molecule has 2 fully saturated rings. The Hall–Kier alpha value is -1.32. The minimum atomic E-state index is -0.736.